The van der Waals surface area contributed by atoms with E-state index in [4.69, 9.17) is 10.00 Å². The fourth-order valence-electron chi connectivity index (χ4n) is 0.977. The lowest BCUT2D eigenvalue weighted by molar-refractivity contribution is 0.300. The molecular weight excluding hydrogens is 171 g/mol. The number of nitriles is 1. The third-order valence-electron chi connectivity index (χ3n) is 1.71. The smallest absolute Gasteiger partial charge is 0.217 e. The van der Waals surface area contributed by atoms with Gasteiger partial charge in [0.2, 0.25) is 5.95 Å². The number of halogens is 1. The molecule has 4 heteroatoms. The summed E-state index contributed by atoms with van der Waals surface area (Å²) >= 11 is 0. The molecule has 0 N–H and O–H groups in total. The number of pyridine rings is 1. The van der Waals surface area contributed by atoms with E-state index in [1.54, 1.807) is 6.07 Å². The second-order valence-corrected chi connectivity index (χ2v) is 2.94. The van der Waals surface area contributed by atoms with E-state index in [0.29, 0.717) is 5.75 Å². The van der Waals surface area contributed by atoms with E-state index in [0.717, 1.165) is 12.8 Å². The fraction of sp³-hybridized carbons (Fsp3) is 0.333. The summed E-state index contributed by atoms with van der Waals surface area (Å²) in [4.78, 5) is 3.37. The van der Waals surface area contributed by atoms with Crippen molar-refractivity contribution in [3.63, 3.8) is 0 Å². The molecule has 0 spiro atoms. The average molecular weight is 178 g/mol. The second-order valence-electron chi connectivity index (χ2n) is 2.94. The molecule has 1 aromatic rings. The summed E-state index contributed by atoms with van der Waals surface area (Å²) < 4.78 is 18.1. The Morgan fingerprint density at radius 3 is 2.92 bits per heavy atom. The molecule has 0 saturated heterocycles. The number of aromatic nitrogens is 1. The van der Waals surface area contributed by atoms with Crippen molar-refractivity contribution in [1.82, 2.24) is 4.98 Å². The van der Waals surface area contributed by atoms with Crippen LogP contribution >= 0.6 is 0 Å². The van der Waals surface area contributed by atoms with Crippen molar-refractivity contribution >= 4 is 0 Å². The Balaban J connectivity index is 2.24. The van der Waals surface area contributed by atoms with E-state index < -0.39 is 5.95 Å². The molecule has 0 bridgehead atoms. The van der Waals surface area contributed by atoms with Gasteiger partial charge in [-0.05, 0) is 12.8 Å². The minimum atomic E-state index is -0.672. The van der Waals surface area contributed by atoms with Crippen molar-refractivity contribution in [3.05, 3.63) is 23.8 Å². The Kier molecular flexibility index (Phi) is 1.85. The van der Waals surface area contributed by atoms with Crippen molar-refractivity contribution in [2.75, 3.05) is 0 Å². The maximum Gasteiger partial charge on any atom is 0.217 e. The minimum absolute atomic E-state index is 0.0515. The normalized spacial score (nSPS) is 15.1. The van der Waals surface area contributed by atoms with Gasteiger partial charge in [-0.3, -0.25) is 0 Å². The molecule has 1 aliphatic carbocycles. The van der Waals surface area contributed by atoms with E-state index >= 15 is 0 Å². The van der Waals surface area contributed by atoms with Crippen LogP contribution in [0.25, 0.3) is 0 Å². The molecule has 1 aliphatic rings. The van der Waals surface area contributed by atoms with Crippen molar-refractivity contribution in [3.8, 4) is 11.8 Å². The summed E-state index contributed by atoms with van der Waals surface area (Å²) in [5, 5.41) is 8.50. The monoisotopic (exact) mass is 178 g/mol. The highest BCUT2D eigenvalue weighted by molar-refractivity contribution is 5.30. The number of hydrogen-bond acceptors (Lipinski definition) is 3. The third-order valence-corrected chi connectivity index (χ3v) is 1.71. The number of rotatable bonds is 2. The van der Waals surface area contributed by atoms with Gasteiger partial charge in [0.05, 0.1) is 6.10 Å². The Morgan fingerprint density at radius 2 is 2.31 bits per heavy atom. The van der Waals surface area contributed by atoms with Crippen molar-refractivity contribution in [1.29, 1.82) is 5.26 Å². The predicted molar refractivity (Wildman–Crippen MR) is 42.6 cm³/mol. The van der Waals surface area contributed by atoms with E-state index in [-0.39, 0.29) is 11.8 Å². The lowest BCUT2D eigenvalue weighted by atomic mass is 10.3. The van der Waals surface area contributed by atoms with Crippen LogP contribution in [0.15, 0.2) is 12.1 Å². The van der Waals surface area contributed by atoms with Crippen LogP contribution < -0.4 is 4.74 Å². The predicted octanol–water partition coefficient (Wildman–Crippen LogP) is 1.63. The molecule has 0 aromatic carbocycles. The minimum Gasteiger partial charge on any atom is -0.490 e. The maximum absolute atomic E-state index is 12.7. The number of ether oxygens (including phenoxy) is 1. The molecule has 3 nitrogen and oxygen atoms in total. The summed E-state index contributed by atoms with van der Waals surface area (Å²) in [5.41, 5.74) is 0.0515. The lowest BCUT2D eigenvalue weighted by Gasteiger charge is -2.03. The summed E-state index contributed by atoms with van der Waals surface area (Å²) in [6.45, 7) is 0. The van der Waals surface area contributed by atoms with Gasteiger partial charge in [0.15, 0.2) is 0 Å². The SMILES string of the molecule is N#Cc1cc(OC2CC2)cc(F)n1. The summed E-state index contributed by atoms with van der Waals surface area (Å²) in [6.07, 6.45) is 2.21. The van der Waals surface area contributed by atoms with E-state index in [9.17, 15) is 4.39 Å². The first-order valence-electron chi connectivity index (χ1n) is 4.02. The highest BCUT2D eigenvalue weighted by Gasteiger charge is 2.23. The quantitative estimate of drug-likeness (QED) is 0.646. The molecule has 1 heterocycles. The molecule has 0 aliphatic heterocycles. The summed E-state index contributed by atoms with van der Waals surface area (Å²) in [6, 6.07) is 4.41. The highest BCUT2D eigenvalue weighted by atomic mass is 19.1. The van der Waals surface area contributed by atoms with Crippen LogP contribution in [-0.4, -0.2) is 11.1 Å². The largest absolute Gasteiger partial charge is 0.490 e. The van der Waals surface area contributed by atoms with Gasteiger partial charge in [-0.25, -0.2) is 4.98 Å². The average Bonchev–Trinajstić information content (AvgIpc) is 2.87. The number of nitrogens with zero attached hydrogens (tertiary/aromatic N) is 2. The molecule has 0 atom stereocenters. The van der Waals surface area contributed by atoms with Gasteiger partial charge in [0.1, 0.15) is 17.5 Å². The standard InChI is InChI=1S/C9H7FN2O/c10-9-4-8(13-7-1-2-7)3-6(5-11)12-9/h3-4,7H,1-2H2. The van der Waals surface area contributed by atoms with E-state index in [2.05, 4.69) is 4.98 Å². The molecule has 0 unspecified atom stereocenters. The van der Waals surface area contributed by atoms with Crippen LogP contribution in [0.3, 0.4) is 0 Å². The topological polar surface area (TPSA) is 45.9 Å². The Hall–Kier alpha value is -1.63. The maximum atomic E-state index is 12.7. The van der Waals surface area contributed by atoms with Crippen molar-refractivity contribution in [2.45, 2.75) is 18.9 Å². The van der Waals surface area contributed by atoms with Gasteiger partial charge in [-0.15, -0.1) is 0 Å². The zero-order valence-electron chi connectivity index (χ0n) is 6.83. The van der Waals surface area contributed by atoms with Gasteiger partial charge in [-0.1, -0.05) is 0 Å². The van der Waals surface area contributed by atoms with Crippen LogP contribution in [0.1, 0.15) is 18.5 Å². The Bertz CT molecular complexity index is 368. The van der Waals surface area contributed by atoms with Crippen LogP contribution in [0.5, 0.6) is 5.75 Å². The molecule has 66 valence electrons. The van der Waals surface area contributed by atoms with Crippen LogP contribution in [-0.2, 0) is 0 Å². The van der Waals surface area contributed by atoms with Gasteiger partial charge in [0.25, 0.3) is 0 Å². The zero-order valence-corrected chi connectivity index (χ0v) is 6.83. The van der Waals surface area contributed by atoms with Gasteiger partial charge in [-0.2, -0.15) is 9.65 Å². The first-order valence-corrected chi connectivity index (χ1v) is 4.02. The van der Waals surface area contributed by atoms with Crippen molar-refractivity contribution in [2.24, 2.45) is 0 Å². The molecule has 1 aromatic heterocycles. The second kappa shape index (κ2) is 3.02. The van der Waals surface area contributed by atoms with Crippen LogP contribution in [0.2, 0.25) is 0 Å². The molecule has 0 amide bonds. The zero-order chi connectivity index (χ0) is 9.26. The summed E-state index contributed by atoms with van der Waals surface area (Å²) in [7, 11) is 0. The van der Waals surface area contributed by atoms with Gasteiger partial charge in [0, 0.05) is 12.1 Å². The fourth-order valence-corrected chi connectivity index (χ4v) is 0.977. The highest BCUT2D eigenvalue weighted by Crippen LogP contribution is 2.26. The Labute approximate surface area is 74.8 Å². The molecule has 2 rings (SSSR count). The molecular formula is C9H7FN2O. The van der Waals surface area contributed by atoms with Gasteiger partial charge >= 0.3 is 0 Å². The Morgan fingerprint density at radius 1 is 1.54 bits per heavy atom. The third kappa shape index (κ3) is 1.94. The summed E-state index contributed by atoms with van der Waals surface area (Å²) in [5.74, 6) is -0.277. The van der Waals surface area contributed by atoms with Crippen LogP contribution in [0.4, 0.5) is 4.39 Å². The van der Waals surface area contributed by atoms with E-state index in [1.165, 1.54) is 12.1 Å². The first-order chi connectivity index (χ1) is 6.28. The first kappa shape index (κ1) is 7.99. The molecule has 0 radical (unpaired) electrons. The van der Waals surface area contributed by atoms with E-state index in [1.807, 2.05) is 0 Å². The number of hydrogen-bond donors (Lipinski definition) is 0. The van der Waals surface area contributed by atoms with Gasteiger partial charge < -0.3 is 4.74 Å². The van der Waals surface area contributed by atoms with Crippen molar-refractivity contribution < 1.29 is 9.13 Å². The molecule has 13 heavy (non-hydrogen) atoms. The lowest BCUT2D eigenvalue weighted by Crippen LogP contribution is -1.98. The molecule has 1 fully saturated rings. The molecule has 1 saturated carbocycles. The van der Waals surface area contributed by atoms with Crippen LogP contribution in [0, 0.1) is 17.3 Å².